The summed E-state index contributed by atoms with van der Waals surface area (Å²) in [5, 5.41) is 3.50. The number of rotatable bonds is 5. The molecule has 2 rings (SSSR count). The second-order valence-electron chi connectivity index (χ2n) is 4.63. The fraction of sp³-hybridized carbons (Fsp3) is 0.667. The van der Waals surface area contributed by atoms with Gasteiger partial charge in [0.25, 0.3) is 0 Å². The SMILES string of the molecule is CCCNCC1CC1(C)c1ccc(Cl)s1. The highest BCUT2D eigenvalue weighted by molar-refractivity contribution is 7.16. The Morgan fingerprint density at radius 2 is 2.40 bits per heavy atom. The van der Waals surface area contributed by atoms with Crippen LogP contribution in [0.4, 0.5) is 0 Å². The van der Waals surface area contributed by atoms with Crippen molar-refractivity contribution in [2.45, 2.75) is 32.1 Å². The maximum atomic E-state index is 5.97. The van der Waals surface area contributed by atoms with Gasteiger partial charge in [-0.2, -0.15) is 0 Å². The lowest BCUT2D eigenvalue weighted by Gasteiger charge is -2.09. The fourth-order valence-corrected chi connectivity index (χ4v) is 3.40. The van der Waals surface area contributed by atoms with Crippen molar-refractivity contribution < 1.29 is 0 Å². The molecule has 84 valence electrons. The Balaban J connectivity index is 1.89. The van der Waals surface area contributed by atoms with E-state index in [0.29, 0.717) is 5.41 Å². The van der Waals surface area contributed by atoms with Gasteiger partial charge in [0.15, 0.2) is 0 Å². The van der Waals surface area contributed by atoms with E-state index in [-0.39, 0.29) is 0 Å². The minimum atomic E-state index is 0.401. The molecule has 0 bridgehead atoms. The lowest BCUT2D eigenvalue weighted by molar-refractivity contribution is 0.579. The highest BCUT2D eigenvalue weighted by Gasteiger charge is 2.51. The molecule has 1 nitrogen and oxygen atoms in total. The summed E-state index contributed by atoms with van der Waals surface area (Å²) in [6, 6.07) is 4.20. The second kappa shape index (κ2) is 4.44. The molecule has 0 spiro atoms. The van der Waals surface area contributed by atoms with Crippen LogP contribution < -0.4 is 5.32 Å². The molecule has 1 fully saturated rings. The maximum absolute atomic E-state index is 5.97. The number of thiophene rings is 1. The summed E-state index contributed by atoms with van der Waals surface area (Å²) in [7, 11) is 0. The molecular weight excluding hydrogens is 226 g/mol. The molecule has 1 N–H and O–H groups in total. The first kappa shape index (κ1) is 11.4. The zero-order chi connectivity index (χ0) is 10.9. The van der Waals surface area contributed by atoms with Crippen molar-refractivity contribution in [2.75, 3.05) is 13.1 Å². The van der Waals surface area contributed by atoms with E-state index in [1.807, 2.05) is 6.07 Å². The molecule has 0 saturated heterocycles. The Labute approximate surface area is 101 Å². The van der Waals surface area contributed by atoms with Crippen LogP contribution in [0.15, 0.2) is 12.1 Å². The predicted molar refractivity (Wildman–Crippen MR) is 67.9 cm³/mol. The van der Waals surface area contributed by atoms with Crippen LogP contribution in [0.2, 0.25) is 4.34 Å². The summed E-state index contributed by atoms with van der Waals surface area (Å²) in [4.78, 5) is 1.45. The first-order chi connectivity index (χ1) is 7.16. The van der Waals surface area contributed by atoms with Gasteiger partial charge in [0, 0.05) is 10.3 Å². The van der Waals surface area contributed by atoms with Crippen molar-refractivity contribution in [1.29, 1.82) is 0 Å². The molecule has 0 radical (unpaired) electrons. The molecule has 2 atom stereocenters. The van der Waals surface area contributed by atoms with Gasteiger partial charge in [-0.1, -0.05) is 25.4 Å². The van der Waals surface area contributed by atoms with Crippen LogP contribution in [0.1, 0.15) is 31.6 Å². The lowest BCUT2D eigenvalue weighted by Crippen LogP contribution is -2.20. The van der Waals surface area contributed by atoms with Crippen molar-refractivity contribution in [1.82, 2.24) is 5.32 Å². The van der Waals surface area contributed by atoms with E-state index < -0.39 is 0 Å². The van der Waals surface area contributed by atoms with Gasteiger partial charge in [-0.3, -0.25) is 0 Å². The first-order valence-electron chi connectivity index (χ1n) is 5.63. The van der Waals surface area contributed by atoms with Crippen molar-refractivity contribution in [3.05, 3.63) is 21.3 Å². The van der Waals surface area contributed by atoms with Crippen LogP contribution in [0.3, 0.4) is 0 Å². The molecule has 1 aliphatic carbocycles. The molecule has 0 aliphatic heterocycles. The zero-order valence-electron chi connectivity index (χ0n) is 9.35. The van der Waals surface area contributed by atoms with Gasteiger partial charge in [0.2, 0.25) is 0 Å². The Morgan fingerprint density at radius 3 is 3.00 bits per heavy atom. The van der Waals surface area contributed by atoms with Crippen molar-refractivity contribution >= 4 is 22.9 Å². The highest BCUT2D eigenvalue weighted by atomic mass is 35.5. The predicted octanol–water partition coefficient (Wildman–Crippen LogP) is 3.68. The fourth-order valence-electron chi connectivity index (χ4n) is 2.13. The average Bonchev–Trinajstić information content (AvgIpc) is 2.66. The van der Waals surface area contributed by atoms with Gasteiger partial charge >= 0.3 is 0 Å². The minimum Gasteiger partial charge on any atom is -0.316 e. The van der Waals surface area contributed by atoms with Crippen LogP contribution >= 0.6 is 22.9 Å². The lowest BCUT2D eigenvalue weighted by atomic mass is 10.0. The molecule has 1 heterocycles. The van der Waals surface area contributed by atoms with E-state index in [2.05, 4.69) is 25.2 Å². The van der Waals surface area contributed by atoms with E-state index in [1.165, 1.54) is 17.7 Å². The monoisotopic (exact) mass is 243 g/mol. The van der Waals surface area contributed by atoms with E-state index >= 15 is 0 Å². The largest absolute Gasteiger partial charge is 0.316 e. The molecule has 1 saturated carbocycles. The summed E-state index contributed by atoms with van der Waals surface area (Å²) >= 11 is 7.71. The van der Waals surface area contributed by atoms with Gasteiger partial charge in [0.05, 0.1) is 4.34 Å². The third-order valence-corrected chi connectivity index (χ3v) is 4.88. The quantitative estimate of drug-likeness (QED) is 0.778. The average molecular weight is 244 g/mol. The van der Waals surface area contributed by atoms with E-state index in [4.69, 9.17) is 11.6 Å². The van der Waals surface area contributed by atoms with Crippen LogP contribution in [0, 0.1) is 5.92 Å². The molecule has 15 heavy (non-hydrogen) atoms. The van der Waals surface area contributed by atoms with Gasteiger partial charge < -0.3 is 5.32 Å². The number of halogens is 1. The van der Waals surface area contributed by atoms with E-state index in [0.717, 1.165) is 23.3 Å². The van der Waals surface area contributed by atoms with Crippen LogP contribution in [-0.2, 0) is 5.41 Å². The summed E-state index contributed by atoms with van der Waals surface area (Å²) in [6.45, 7) is 6.85. The van der Waals surface area contributed by atoms with Crippen molar-refractivity contribution in [2.24, 2.45) is 5.92 Å². The normalized spacial score (nSPS) is 29.4. The Morgan fingerprint density at radius 1 is 1.60 bits per heavy atom. The topological polar surface area (TPSA) is 12.0 Å². The molecule has 3 heteroatoms. The first-order valence-corrected chi connectivity index (χ1v) is 6.83. The summed E-state index contributed by atoms with van der Waals surface area (Å²) in [5.74, 6) is 0.804. The number of hydrogen-bond acceptors (Lipinski definition) is 2. The summed E-state index contributed by atoms with van der Waals surface area (Å²) < 4.78 is 0.915. The summed E-state index contributed by atoms with van der Waals surface area (Å²) in [6.07, 6.45) is 2.52. The third kappa shape index (κ3) is 2.38. The Kier molecular flexibility index (Phi) is 3.39. The van der Waals surface area contributed by atoms with Gasteiger partial charge in [-0.25, -0.2) is 0 Å². The zero-order valence-corrected chi connectivity index (χ0v) is 10.9. The smallest absolute Gasteiger partial charge is 0.0931 e. The van der Waals surface area contributed by atoms with Gasteiger partial charge in [-0.15, -0.1) is 11.3 Å². The summed E-state index contributed by atoms with van der Waals surface area (Å²) in [5.41, 5.74) is 0.401. The second-order valence-corrected chi connectivity index (χ2v) is 6.34. The van der Waals surface area contributed by atoms with Gasteiger partial charge in [0.1, 0.15) is 0 Å². The highest BCUT2D eigenvalue weighted by Crippen LogP contribution is 2.55. The minimum absolute atomic E-state index is 0.401. The molecule has 1 aromatic rings. The van der Waals surface area contributed by atoms with Gasteiger partial charge in [-0.05, 0) is 44.0 Å². The van der Waals surface area contributed by atoms with E-state index in [1.54, 1.807) is 11.3 Å². The number of nitrogens with one attached hydrogen (secondary N) is 1. The molecule has 0 aromatic carbocycles. The molecular formula is C12H18ClNS. The molecule has 2 unspecified atom stereocenters. The molecule has 1 aromatic heterocycles. The van der Waals surface area contributed by atoms with Crippen molar-refractivity contribution in [3.63, 3.8) is 0 Å². The van der Waals surface area contributed by atoms with E-state index in [9.17, 15) is 0 Å². The maximum Gasteiger partial charge on any atom is 0.0931 e. The number of hydrogen-bond donors (Lipinski definition) is 1. The van der Waals surface area contributed by atoms with Crippen LogP contribution in [0.25, 0.3) is 0 Å². The van der Waals surface area contributed by atoms with Crippen LogP contribution in [-0.4, -0.2) is 13.1 Å². The van der Waals surface area contributed by atoms with Crippen LogP contribution in [0.5, 0.6) is 0 Å². The Hall–Kier alpha value is -0.0500. The third-order valence-electron chi connectivity index (χ3n) is 3.36. The standard InChI is InChI=1S/C12H18ClNS/c1-3-6-14-8-9-7-12(9,2)10-4-5-11(13)15-10/h4-5,9,14H,3,6-8H2,1-2H3. The van der Waals surface area contributed by atoms with Crippen molar-refractivity contribution in [3.8, 4) is 0 Å². The Bertz CT molecular complexity index is 336. The molecule has 0 amide bonds. The molecule has 1 aliphatic rings.